The van der Waals surface area contributed by atoms with E-state index in [4.69, 9.17) is 16.6 Å². The fraction of sp³-hybridized carbons (Fsp3) is 0.571. The standard InChI is InChI=1S/C14H17ClN2S/c1-14(2,3)13-16-11(15)10-8-6-4-5-7-9(8)18-12(10)17-13/h4-7H2,1-3H3. The fourth-order valence-electron chi connectivity index (χ4n) is 2.45. The highest BCUT2D eigenvalue weighted by Gasteiger charge is 2.24. The first-order chi connectivity index (χ1) is 8.47. The third kappa shape index (κ3) is 1.94. The zero-order chi connectivity index (χ0) is 12.9. The second kappa shape index (κ2) is 4.17. The van der Waals surface area contributed by atoms with Gasteiger partial charge in [-0.3, -0.25) is 0 Å². The quantitative estimate of drug-likeness (QED) is 0.663. The summed E-state index contributed by atoms with van der Waals surface area (Å²) in [6.45, 7) is 6.37. The molecule has 0 N–H and O–H groups in total. The van der Waals surface area contributed by atoms with Crippen LogP contribution in [0.15, 0.2) is 0 Å². The Labute approximate surface area is 116 Å². The van der Waals surface area contributed by atoms with Crippen molar-refractivity contribution < 1.29 is 0 Å². The molecule has 1 aliphatic carbocycles. The van der Waals surface area contributed by atoms with Crippen molar-refractivity contribution in [1.82, 2.24) is 9.97 Å². The molecule has 0 bridgehead atoms. The molecule has 2 nitrogen and oxygen atoms in total. The van der Waals surface area contributed by atoms with Gasteiger partial charge in [0.05, 0.1) is 5.39 Å². The molecule has 0 fully saturated rings. The van der Waals surface area contributed by atoms with Crippen LogP contribution in [0.5, 0.6) is 0 Å². The zero-order valence-corrected chi connectivity index (χ0v) is 12.6. The van der Waals surface area contributed by atoms with Gasteiger partial charge >= 0.3 is 0 Å². The van der Waals surface area contributed by atoms with Gasteiger partial charge in [-0.1, -0.05) is 32.4 Å². The molecule has 0 saturated carbocycles. The van der Waals surface area contributed by atoms with Gasteiger partial charge in [-0.15, -0.1) is 11.3 Å². The van der Waals surface area contributed by atoms with Crippen molar-refractivity contribution in [2.24, 2.45) is 0 Å². The first kappa shape index (κ1) is 12.4. The van der Waals surface area contributed by atoms with Gasteiger partial charge in [0.1, 0.15) is 15.8 Å². The van der Waals surface area contributed by atoms with E-state index >= 15 is 0 Å². The monoisotopic (exact) mass is 280 g/mol. The van der Waals surface area contributed by atoms with Gasteiger partial charge in [-0.2, -0.15) is 0 Å². The SMILES string of the molecule is CC(C)(C)c1nc(Cl)c2c3c(sc2n1)CCCC3. The van der Waals surface area contributed by atoms with Crippen LogP contribution in [0, 0.1) is 0 Å². The number of halogens is 1. The summed E-state index contributed by atoms with van der Waals surface area (Å²) in [6.07, 6.45) is 4.86. The van der Waals surface area contributed by atoms with Gasteiger partial charge in [0, 0.05) is 10.3 Å². The van der Waals surface area contributed by atoms with Gasteiger partial charge < -0.3 is 0 Å². The van der Waals surface area contributed by atoms with Crippen LogP contribution >= 0.6 is 22.9 Å². The third-order valence-electron chi connectivity index (χ3n) is 3.44. The second-order valence-electron chi connectivity index (χ2n) is 5.98. The van der Waals surface area contributed by atoms with Crippen molar-refractivity contribution in [2.75, 3.05) is 0 Å². The van der Waals surface area contributed by atoms with Crippen LogP contribution in [0.25, 0.3) is 10.2 Å². The molecule has 0 radical (unpaired) electrons. The van der Waals surface area contributed by atoms with Crippen molar-refractivity contribution in [1.29, 1.82) is 0 Å². The van der Waals surface area contributed by atoms with Crippen LogP contribution < -0.4 is 0 Å². The maximum Gasteiger partial charge on any atom is 0.141 e. The van der Waals surface area contributed by atoms with E-state index in [1.54, 1.807) is 0 Å². The number of nitrogens with zero attached hydrogens (tertiary/aromatic N) is 2. The van der Waals surface area contributed by atoms with Crippen LogP contribution in [0.2, 0.25) is 5.15 Å². The number of fused-ring (bicyclic) bond motifs is 3. The average molecular weight is 281 g/mol. The van der Waals surface area contributed by atoms with E-state index in [9.17, 15) is 0 Å². The summed E-state index contributed by atoms with van der Waals surface area (Å²) in [5.41, 5.74) is 1.36. The number of aryl methyl sites for hydroxylation is 2. The topological polar surface area (TPSA) is 25.8 Å². The number of hydrogen-bond donors (Lipinski definition) is 0. The van der Waals surface area contributed by atoms with Gasteiger partial charge in [0.15, 0.2) is 0 Å². The molecule has 2 aromatic rings. The smallest absolute Gasteiger partial charge is 0.141 e. The lowest BCUT2D eigenvalue weighted by Crippen LogP contribution is -2.15. The number of thiophene rings is 1. The van der Waals surface area contributed by atoms with E-state index in [-0.39, 0.29) is 5.41 Å². The van der Waals surface area contributed by atoms with Gasteiger partial charge in [0.2, 0.25) is 0 Å². The number of hydrogen-bond acceptors (Lipinski definition) is 3. The van der Waals surface area contributed by atoms with Crippen molar-refractivity contribution in [3.8, 4) is 0 Å². The van der Waals surface area contributed by atoms with Crippen molar-refractivity contribution in [3.05, 3.63) is 21.4 Å². The first-order valence-electron chi connectivity index (χ1n) is 6.45. The second-order valence-corrected chi connectivity index (χ2v) is 7.42. The molecule has 2 aromatic heterocycles. The Kier molecular flexibility index (Phi) is 2.87. The summed E-state index contributed by atoms with van der Waals surface area (Å²) in [6, 6.07) is 0. The Balaban J connectivity index is 2.27. The average Bonchev–Trinajstić information content (AvgIpc) is 2.66. The van der Waals surface area contributed by atoms with Crippen LogP contribution in [0.3, 0.4) is 0 Å². The molecule has 2 heterocycles. The third-order valence-corrected chi connectivity index (χ3v) is 4.90. The molecule has 96 valence electrons. The summed E-state index contributed by atoms with van der Waals surface area (Å²) in [4.78, 5) is 11.8. The molecule has 18 heavy (non-hydrogen) atoms. The molecule has 0 atom stereocenters. The fourth-order valence-corrected chi connectivity index (χ4v) is 4.05. The van der Waals surface area contributed by atoms with Gasteiger partial charge in [-0.05, 0) is 31.2 Å². The Bertz CT molecular complexity index is 610. The molecule has 0 aromatic carbocycles. The normalized spacial score (nSPS) is 16.0. The molecule has 0 spiro atoms. The predicted octanol–water partition coefficient (Wildman–Crippen LogP) is 4.52. The molecule has 0 amide bonds. The highest BCUT2D eigenvalue weighted by atomic mass is 35.5. The summed E-state index contributed by atoms with van der Waals surface area (Å²) in [5, 5.41) is 1.76. The minimum absolute atomic E-state index is 0.0532. The van der Waals surface area contributed by atoms with Crippen LogP contribution in [0.1, 0.15) is 49.9 Å². The van der Waals surface area contributed by atoms with Gasteiger partial charge in [0.25, 0.3) is 0 Å². The van der Waals surface area contributed by atoms with Crippen molar-refractivity contribution in [2.45, 2.75) is 51.9 Å². The van der Waals surface area contributed by atoms with Crippen molar-refractivity contribution in [3.63, 3.8) is 0 Å². The maximum atomic E-state index is 6.40. The Morgan fingerprint density at radius 1 is 1.11 bits per heavy atom. The van der Waals surface area contributed by atoms with E-state index in [1.807, 2.05) is 11.3 Å². The molecule has 1 aliphatic rings. The molecule has 0 aliphatic heterocycles. The van der Waals surface area contributed by atoms with E-state index in [2.05, 4.69) is 25.8 Å². The van der Waals surface area contributed by atoms with Crippen LogP contribution in [-0.2, 0) is 18.3 Å². The number of rotatable bonds is 0. The summed E-state index contributed by atoms with van der Waals surface area (Å²) in [7, 11) is 0. The predicted molar refractivity (Wildman–Crippen MR) is 77.8 cm³/mol. The molecule has 0 saturated heterocycles. The summed E-state index contributed by atoms with van der Waals surface area (Å²) in [5.74, 6) is 0.846. The summed E-state index contributed by atoms with van der Waals surface area (Å²) >= 11 is 8.21. The van der Waals surface area contributed by atoms with Crippen molar-refractivity contribution >= 4 is 33.2 Å². The molecular formula is C14H17ClN2S. The lowest BCUT2D eigenvalue weighted by atomic mass is 9.95. The van der Waals surface area contributed by atoms with E-state index < -0.39 is 0 Å². The first-order valence-corrected chi connectivity index (χ1v) is 7.64. The minimum atomic E-state index is -0.0532. The molecule has 4 heteroatoms. The minimum Gasteiger partial charge on any atom is -0.221 e. The van der Waals surface area contributed by atoms with E-state index in [0.29, 0.717) is 5.15 Å². The lowest BCUT2D eigenvalue weighted by Gasteiger charge is -2.16. The maximum absolute atomic E-state index is 6.40. The van der Waals surface area contributed by atoms with E-state index in [0.717, 1.165) is 22.5 Å². The highest BCUT2D eigenvalue weighted by molar-refractivity contribution is 7.19. The van der Waals surface area contributed by atoms with Crippen LogP contribution in [-0.4, -0.2) is 9.97 Å². The van der Waals surface area contributed by atoms with Gasteiger partial charge in [-0.25, -0.2) is 9.97 Å². The highest BCUT2D eigenvalue weighted by Crippen LogP contribution is 2.39. The molecule has 3 rings (SSSR count). The van der Waals surface area contributed by atoms with Crippen LogP contribution in [0.4, 0.5) is 0 Å². The van der Waals surface area contributed by atoms with E-state index in [1.165, 1.54) is 29.7 Å². The largest absolute Gasteiger partial charge is 0.221 e. The summed E-state index contributed by atoms with van der Waals surface area (Å²) < 4.78 is 0. The molecule has 0 unspecified atom stereocenters. The number of aromatic nitrogens is 2. The zero-order valence-electron chi connectivity index (χ0n) is 11.0. The Morgan fingerprint density at radius 2 is 1.83 bits per heavy atom. The molecular weight excluding hydrogens is 264 g/mol. The Hall–Kier alpha value is -0.670. The Morgan fingerprint density at radius 3 is 2.56 bits per heavy atom. The lowest BCUT2D eigenvalue weighted by molar-refractivity contribution is 0.549.